The van der Waals surface area contributed by atoms with Gasteiger partial charge in [0, 0.05) is 13.1 Å². The Morgan fingerprint density at radius 1 is 1.23 bits per heavy atom. The Bertz CT molecular complexity index is 798. The third-order valence-electron chi connectivity index (χ3n) is 4.77. The number of fused-ring (bicyclic) bond motifs is 1. The number of aromatic amines is 1. The minimum absolute atomic E-state index is 0.318. The summed E-state index contributed by atoms with van der Waals surface area (Å²) in [5, 5.41) is 9.83. The summed E-state index contributed by atoms with van der Waals surface area (Å²) in [4.78, 5) is 30.0. The molecule has 1 atom stereocenters. The van der Waals surface area contributed by atoms with Crippen molar-refractivity contribution >= 4 is 34.2 Å². The van der Waals surface area contributed by atoms with Crippen LogP contribution < -0.4 is 11.1 Å². The highest BCUT2D eigenvalue weighted by atomic mass is 16.2. The molecule has 2 fully saturated rings. The Kier molecular flexibility index (Phi) is 5.39. The number of H-pyrrole nitrogens is 1. The van der Waals surface area contributed by atoms with Crippen molar-refractivity contribution in [2.45, 2.75) is 39.5 Å². The maximum absolute atomic E-state index is 12.2. The molecule has 1 aliphatic carbocycles. The van der Waals surface area contributed by atoms with Gasteiger partial charge in [0.2, 0.25) is 0 Å². The van der Waals surface area contributed by atoms with Gasteiger partial charge in [-0.2, -0.15) is 5.10 Å². The number of carbonyl (C=O) groups is 2. The zero-order chi connectivity index (χ0) is 18.7. The third kappa shape index (κ3) is 4.30. The third-order valence-corrected chi connectivity index (χ3v) is 4.77. The molecule has 2 amide bonds. The normalized spacial score (nSPS) is 19.6. The minimum Gasteiger partial charge on any atom is -0.383 e. The number of nitrogen functional groups attached to an aromatic ring is 1. The van der Waals surface area contributed by atoms with E-state index in [1.165, 1.54) is 25.2 Å². The quantitative estimate of drug-likeness (QED) is 0.675. The van der Waals surface area contributed by atoms with E-state index in [1.54, 1.807) is 4.90 Å². The van der Waals surface area contributed by atoms with Crippen LogP contribution in [0.3, 0.4) is 0 Å². The molecule has 0 bridgehead atoms. The molecule has 8 nitrogen and oxygen atoms in total. The molecular formula is C18H26N6O2. The molecule has 2 aliphatic rings. The van der Waals surface area contributed by atoms with Crippen molar-refractivity contribution < 1.29 is 9.59 Å². The topological polar surface area (TPSA) is 117 Å². The molecule has 8 heteroatoms. The number of hydrogen-bond acceptors (Lipinski definition) is 5. The van der Waals surface area contributed by atoms with E-state index >= 15 is 0 Å². The molecule has 1 saturated heterocycles. The standard InChI is InChI=1S/C14H18N6O2.C4H8/c1-8-3-2-4-20(7-8)14(22)13(21)18-10-6-16-12(15)9-5-17-19-11(9)10;1-4-2-3-4/h5-6,8H,2-4,7H2,1H3,(H2,15,16)(H,17,19)(H,18,21);4H,2-3H2,1H3. The van der Waals surface area contributed by atoms with E-state index in [1.807, 2.05) is 0 Å². The number of nitrogens with zero attached hydrogens (tertiary/aromatic N) is 3. The van der Waals surface area contributed by atoms with Crippen LogP contribution in [0, 0.1) is 11.8 Å². The van der Waals surface area contributed by atoms with Gasteiger partial charge < -0.3 is 16.0 Å². The van der Waals surface area contributed by atoms with E-state index in [9.17, 15) is 9.59 Å². The number of nitrogens with one attached hydrogen (secondary N) is 2. The van der Waals surface area contributed by atoms with Crippen LogP contribution in [-0.2, 0) is 9.59 Å². The molecule has 2 aromatic heterocycles. The van der Waals surface area contributed by atoms with Crippen molar-refractivity contribution in [3.05, 3.63) is 12.4 Å². The summed E-state index contributed by atoms with van der Waals surface area (Å²) < 4.78 is 0. The molecule has 2 aromatic rings. The van der Waals surface area contributed by atoms with Crippen LogP contribution in [0.25, 0.3) is 10.9 Å². The van der Waals surface area contributed by atoms with Gasteiger partial charge in [0.15, 0.2) is 0 Å². The fourth-order valence-electron chi connectivity index (χ4n) is 2.91. The number of amides is 2. The van der Waals surface area contributed by atoms with Crippen molar-refractivity contribution in [3.63, 3.8) is 0 Å². The van der Waals surface area contributed by atoms with Crippen LogP contribution in [0.5, 0.6) is 0 Å². The lowest BCUT2D eigenvalue weighted by molar-refractivity contribution is -0.144. The number of pyridine rings is 1. The number of hydrogen-bond donors (Lipinski definition) is 3. The van der Waals surface area contributed by atoms with Crippen molar-refractivity contribution in [2.75, 3.05) is 24.1 Å². The summed E-state index contributed by atoms with van der Waals surface area (Å²) in [7, 11) is 0. The predicted octanol–water partition coefficient (Wildman–Crippen LogP) is 2.15. The van der Waals surface area contributed by atoms with Crippen LogP contribution in [0.15, 0.2) is 12.4 Å². The van der Waals surface area contributed by atoms with Crippen LogP contribution in [0.2, 0.25) is 0 Å². The number of rotatable bonds is 1. The Hall–Kier alpha value is -2.64. The monoisotopic (exact) mass is 358 g/mol. The van der Waals surface area contributed by atoms with Gasteiger partial charge in [-0.15, -0.1) is 0 Å². The second kappa shape index (κ2) is 7.72. The van der Waals surface area contributed by atoms with Crippen LogP contribution >= 0.6 is 0 Å². The predicted molar refractivity (Wildman–Crippen MR) is 100 cm³/mol. The van der Waals surface area contributed by atoms with E-state index in [-0.39, 0.29) is 0 Å². The summed E-state index contributed by atoms with van der Waals surface area (Å²) in [6.07, 6.45) is 7.93. The van der Waals surface area contributed by atoms with E-state index < -0.39 is 11.8 Å². The van der Waals surface area contributed by atoms with Crippen molar-refractivity contribution in [1.82, 2.24) is 20.1 Å². The first-order valence-electron chi connectivity index (χ1n) is 9.13. The van der Waals surface area contributed by atoms with Gasteiger partial charge in [0.1, 0.15) is 5.82 Å². The molecule has 1 unspecified atom stereocenters. The zero-order valence-electron chi connectivity index (χ0n) is 15.3. The van der Waals surface area contributed by atoms with Gasteiger partial charge in [-0.3, -0.25) is 14.7 Å². The Morgan fingerprint density at radius 3 is 2.62 bits per heavy atom. The zero-order valence-corrected chi connectivity index (χ0v) is 15.3. The SMILES string of the molecule is CC1CC1.CC1CCCN(C(=O)C(=O)Nc2cnc(N)c3cn[nH]c23)C1. The Balaban J connectivity index is 0.000000433. The fourth-order valence-corrected chi connectivity index (χ4v) is 2.91. The van der Waals surface area contributed by atoms with Gasteiger partial charge in [0.25, 0.3) is 0 Å². The number of anilines is 2. The number of carbonyl (C=O) groups excluding carboxylic acids is 2. The van der Waals surface area contributed by atoms with Crippen LogP contribution in [-0.4, -0.2) is 45.0 Å². The lowest BCUT2D eigenvalue weighted by Crippen LogP contribution is -2.44. The Labute approximate surface area is 152 Å². The average Bonchev–Trinajstić information content (AvgIpc) is 3.24. The van der Waals surface area contributed by atoms with Gasteiger partial charge >= 0.3 is 11.8 Å². The fraction of sp³-hybridized carbons (Fsp3) is 0.556. The Morgan fingerprint density at radius 2 is 1.96 bits per heavy atom. The molecule has 1 saturated carbocycles. The average molecular weight is 358 g/mol. The van der Waals surface area contributed by atoms with E-state index in [0.29, 0.717) is 41.4 Å². The first-order valence-corrected chi connectivity index (χ1v) is 9.13. The second-order valence-electron chi connectivity index (χ2n) is 7.35. The number of aromatic nitrogens is 3. The van der Waals surface area contributed by atoms with E-state index in [4.69, 9.17) is 5.73 Å². The van der Waals surface area contributed by atoms with Crippen LogP contribution in [0.1, 0.15) is 39.5 Å². The molecule has 0 radical (unpaired) electrons. The largest absolute Gasteiger partial charge is 0.383 e. The van der Waals surface area contributed by atoms with Gasteiger partial charge in [-0.05, 0) is 24.7 Å². The molecular weight excluding hydrogens is 332 g/mol. The van der Waals surface area contributed by atoms with Gasteiger partial charge in [-0.1, -0.05) is 26.7 Å². The minimum atomic E-state index is -0.670. The molecule has 0 aromatic carbocycles. The molecule has 3 heterocycles. The molecule has 140 valence electrons. The maximum atomic E-state index is 12.2. The lowest BCUT2D eigenvalue weighted by Gasteiger charge is -2.30. The van der Waals surface area contributed by atoms with Gasteiger partial charge in [-0.25, -0.2) is 4.98 Å². The van der Waals surface area contributed by atoms with E-state index in [2.05, 4.69) is 34.3 Å². The van der Waals surface area contributed by atoms with Crippen molar-refractivity contribution in [1.29, 1.82) is 0 Å². The van der Waals surface area contributed by atoms with Gasteiger partial charge in [0.05, 0.1) is 29.0 Å². The molecule has 26 heavy (non-hydrogen) atoms. The van der Waals surface area contributed by atoms with Crippen LogP contribution in [0.4, 0.5) is 11.5 Å². The van der Waals surface area contributed by atoms with Crippen molar-refractivity contribution in [2.24, 2.45) is 11.8 Å². The smallest absolute Gasteiger partial charge is 0.314 e. The number of nitrogens with two attached hydrogens (primary N) is 1. The first-order chi connectivity index (χ1) is 12.5. The summed E-state index contributed by atoms with van der Waals surface area (Å²) in [5.74, 6) is 0.633. The first kappa shape index (κ1) is 18.2. The maximum Gasteiger partial charge on any atom is 0.314 e. The second-order valence-corrected chi connectivity index (χ2v) is 7.35. The highest BCUT2D eigenvalue weighted by Crippen LogP contribution is 2.26. The summed E-state index contributed by atoms with van der Waals surface area (Å²) in [5.41, 5.74) is 6.68. The van der Waals surface area contributed by atoms with Crippen molar-refractivity contribution in [3.8, 4) is 0 Å². The molecule has 4 rings (SSSR count). The summed E-state index contributed by atoms with van der Waals surface area (Å²) in [6.45, 7) is 5.59. The summed E-state index contributed by atoms with van der Waals surface area (Å²) in [6, 6.07) is 0. The molecule has 1 aliphatic heterocycles. The lowest BCUT2D eigenvalue weighted by atomic mass is 10.0. The number of piperidine rings is 1. The highest BCUT2D eigenvalue weighted by molar-refractivity contribution is 6.40. The molecule has 0 spiro atoms. The van der Waals surface area contributed by atoms with E-state index in [0.717, 1.165) is 18.8 Å². The summed E-state index contributed by atoms with van der Waals surface area (Å²) >= 11 is 0. The highest BCUT2D eigenvalue weighted by Gasteiger charge is 2.26. The number of likely N-dealkylation sites (tertiary alicyclic amines) is 1. The molecule has 4 N–H and O–H groups in total.